The third-order valence-electron chi connectivity index (χ3n) is 3.40. The Morgan fingerprint density at radius 2 is 1.81 bits per heavy atom. The molecular weight excluding hydrogens is 288 g/mol. The van der Waals surface area contributed by atoms with Crippen LogP contribution in [0.4, 0.5) is 5.69 Å². The molecule has 2 N–H and O–H groups in total. The Kier molecular flexibility index (Phi) is 7.83. The van der Waals surface area contributed by atoms with Gasteiger partial charge in [0.05, 0.1) is 0 Å². The minimum Gasteiger partial charge on any atom is -0.348 e. The van der Waals surface area contributed by atoms with Gasteiger partial charge in [0.1, 0.15) is 0 Å². The number of rotatable bonds is 7. The van der Waals surface area contributed by atoms with Crippen molar-refractivity contribution in [2.75, 3.05) is 11.9 Å². The average Bonchev–Trinajstić information content (AvgIpc) is 2.49. The fraction of sp³-hybridized carbons (Fsp3) is 0.500. The molecule has 0 fully saturated rings. The predicted molar refractivity (Wildman–Crippen MR) is 86.4 cm³/mol. The van der Waals surface area contributed by atoms with Crippen LogP contribution in [0.1, 0.15) is 39.5 Å². The van der Waals surface area contributed by atoms with Gasteiger partial charge in [0.2, 0.25) is 0 Å². The Bertz CT molecular complexity index is 460. The Morgan fingerprint density at radius 1 is 1.14 bits per heavy atom. The third-order valence-corrected chi connectivity index (χ3v) is 3.65. The Morgan fingerprint density at radius 3 is 2.38 bits per heavy atom. The van der Waals surface area contributed by atoms with Gasteiger partial charge in [0.15, 0.2) is 0 Å². The zero-order chi connectivity index (χ0) is 15.7. The van der Waals surface area contributed by atoms with Crippen molar-refractivity contribution in [2.24, 2.45) is 5.92 Å². The first-order valence-corrected chi connectivity index (χ1v) is 7.79. The first kappa shape index (κ1) is 17.5. The van der Waals surface area contributed by atoms with Gasteiger partial charge in [-0.3, -0.25) is 9.59 Å². The molecule has 1 rings (SSSR count). The molecule has 2 amide bonds. The molecule has 0 bridgehead atoms. The standard InChI is InChI=1S/C16H23ClN2O2/c1-3-5-6-12(4-2)11-18-15(20)16(21)19-14-9-7-13(17)8-10-14/h7-10,12H,3-6,11H2,1-2H3,(H,18,20)(H,19,21)/t12-/m1/s1. The first-order valence-electron chi connectivity index (χ1n) is 7.41. The lowest BCUT2D eigenvalue weighted by atomic mass is 9.99. The molecule has 0 spiro atoms. The van der Waals surface area contributed by atoms with Gasteiger partial charge in [0, 0.05) is 17.3 Å². The van der Waals surface area contributed by atoms with Gasteiger partial charge >= 0.3 is 11.8 Å². The number of amides is 2. The van der Waals surface area contributed by atoms with E-state index in [2.05, 4.69) is 24.5 Å². The molecule has 4 nitrogen and oxygen atoms in total. The summed E-state index contributed by atoms with van der Waals surface area (Å²) in [5.41, 5.74) is 0.553. The van der Waals surface area contributed by atoms with Gasteiger partial charge in [-0.15, -0.1) is 0 Å². The Labute approximate surface area is 131 Å². The summed E-state index contributed by atoms with van der Waals surface area (Å²) in [7, 11) is 0. The van der Waals surface area contributed by atoms with Crippen molar-refractivity contribution in [2.45, 2.75) is 39.5 Å². The summed E-state index contributed by atoms with van der Waals surface area (Å²) in [6.45, 7) is 4.79. The van der Waals surface area contributed by atoms with Crippen LogP contribution in [-0.2, 0) is 9.59 Å². The molecule has 0 aliphatic carbocycles. The molecule has 0 aliphatic rings. The summed E-state index contributed by atoms with van der Waals surface area (Å²) in [4.78, 5) is 23.5. The molecule has 1 aromatic rings. The Hall–Kier alpha value is -1.55. The third kappa shape index (κ3) is 6.63. The molecule has 0 saturated carbocycles. The number of hydrogen-bond donors (Lipinski definition) is 2. The summed E-state index contributed by atoms with van der Waals surface area (Å²) < 4.78 is 0. The number of carbonyl (C=O) groups is 2. The number of anilines is 1. The summed E-state index contributed by atoms with van der Waals surface area (Å²) in [6, 6.07) is 6.63. The lowest BCUT2D eigenvalue weighted by molar-refractivity contribution is -0.136. The summed E-state index contributed by atoms with van der Waals surface area (Å²) in [6.07, 6.45) is 4.36. The quantitative estimate of drug-likeness (QED) is 0.756. The maximum atomic E-state index is 11.8. The van der Waals surface area contributed by atoms with Crippen molar-refractivity contribution < 1.29 is 9.59 Å². The number of carbonyl (C=O) groups excluding carboxylic acids is 2. The summed E-state index contributed by atoms with van der Waals surface area (Å²) >= 11 is 5.76. The van der Waals surface area contributed by atoms with Gasteiger partial charge in [-0.2, -0.15) is 0 Å². The fourth-order valence-electron chi connectivity index (χ4n) is 1.98. The molecule has 0 unspecified atom stereocenters. The van der Waals surface area contributed by atoms with E-state index in [1.54, 1.807) is 24.3 Å². The zero-order valence-electron chi connectivity index (χ0n) is 12.6. The molecule has 0 heterocycles. The predicted octanol–water partition coefficient (Wildman–Crippen LogP) is 3.61. The highest BCUT2D eigenvalue weighted by molar-refractivity contribution is 6.39. The molecule has 1 atom stereocenters. The minimum absolute atomic E-state index is 0.428. The molecule has 5 heteroatoms. The largest absolute Gasteiger partial charge is 0.348 e. The average molecular weight is 311 g/mol. The van der Waals surface area contributed by atoms with Crippen LogP contribution < -0.4 is 10.6 Å². The van der Waals surface area contributed by atoms with Crippen molar-refractivity contribution in [3.05, 3.63) is 29.3 Å². The highest BCUT2D eigenvalue weighted by atomic mass is 35.5. The van der Waals surface area contributed by atoms with Crippen LogP contribution in [0.5, 0.6) is 0 Å². The number of unbranched alkanes of at least 4 members (excludes halogenated alkanes) is 1. The monoisotopic (exact) mass is 310 g/mol. The van der Waals surface area contributed by atoms with E-state index in [-0.39, 0.29) is 0 Å². The second kappa shape index (κ2) is 9.40. The smallest absolute Gasteiger partial charge is 0.313 e. The zero-order valence-corrected chi connectivity index (χ0v) is 13.4. The normalized spacial score (nSPS) is 11.8. The molecular formula is C16H23ClN2O2. The maximum Gasteiger partial charge on any atom is 0.313 e. The van der Waals surface area contributed by atoms with E-state index in [0.29, 0.717) is 23.2 Å². The molecule has 116 valence electrons. The fourth-order valence-corrected chi connectivity index (χ4v) is 2.11. The van der Waals surface area contributed by atoms with Gasteiger partial charge in [0.25, 0.3) is 0 Å². The van der Waals surface area contributed by atoms with Gasteiger partial charge in [-0.25, -0.2) is 0 Å². The molecule has 0 aliphatic heterocycles. The molecule has 0 saturated heterocycles. The number of hydrogen-bond acceptors (Lipinski definition) is 2. The molecule has 1 aromatic carbocycles. The van der Waals surface area contributed by atoms with Crippen LogP contribution in [-0.4, -0.2) is 18.4 Å². The highest BCUT2D eigenvalue weighted by Crippen LogP contribution is 2.13. The molecule has 21 heavy (non-hydrogen) atoms. The van der Waals surface area contributed by atoms with Crippen molar-refractivity contribution >= 4 is 29.1 Å². The van der Waals surface area contributed by atoms with E-state index < -0.39 is 11.8 Å². The van der Waals surface area contributed by atoms with Crippen molar-refractivity contribution in [1.82, 2.24) is 5.32 Å². The van der Waals surface area contributed by atoms with Gasteiger partial charge in [-0.1, -0.05) is 44.7 Å². The molecule has 0 aromatic heterocycles. The number of halogens is 1. The van der Waals surface area contributed by atoms with E-state index in [4.69, 9.17) is 11.6 Å². The highest BCUT2D eigenvalue weighted by Gasteiger charge is 2.15. The Balaban J connectivity index is 2.40. The van der Waals surface area contributed by atoms with Crippen LogP contribution in [0.2, 0.25) is 5.02 Å². The van der Waals surface area contributed by atoms with Crippen molar-refractivity contribution in [3.8, 4) is 0 Å². The minimum atomic E-state index is -0.650. The van der Waals surface area contributed by atoms with Crippen molar-refractivity contribution in [1.29, 1.82) is 0 Å². The van der Waals surface area contributed by atoms with Crippen LogP contribution in [0.15, 0.2) is 24.3 Å². The molecule has 0 radical (unpaired) electrons. The maximum absolute atomic E-state index is 11.8. The second-order valence-electron chi connectivity index (χ2n) is 5.09. The first-order chi connectivity index (χ1) is 10.1. The van der Waals surface area contributed by atoms with E-state index >= 15 is 0 Å². The SMILES string of the molecule is CCCC[C@@H](CC)CNC(=O)C(=O)Nc1ccc(Cl)cc1. The number of nitrogens with one attached hydrogen (secondary N) is 2. The van der Waals surface area contributed by atoms with E-state index in [9.17, 15) is 9.59 Å². The second-order valence-corrected chi connectivity index (χ2v) is 5.52. The lowest BCUT2D eigenvalue weighted by Gasteiger charge is -2.15. The van der Waals surface area contributed by atoms with Crippen LogP contribution in [0.3, 0.4) is 0 Å². The van der Waals surface area contributed by atoms with E-state index in [1.807, 2.05) is 0 Å². The van der Waals surface area contributed by atoms with Crippen LogP contribution in [0, 0.1) is 5.92 Å². The van der Waals surface area contributed by atoms with Crippen molar-refractivity contribution in [3.63, 3.8) is 0 Å². The van der Waals surface area contributed by atoms with Crippen LogP contribution >= 0.6 is 11.6 Å². The number of benzene rings is 1. The van der Waals surface area contributed by atoms with Gasteiger partial charge in [-0.05, 0) is 36.6 Å². The summed E-state index contributed by atoms with van der Waals surface area (Å²) in [5, 5.41) is 5.82. The van der Waals surface area contributed by atoms with E-state index in [1.165, 1.54) is 0 Å². The van der Waals surface area contributed by atoms with Crippen LogP contribution in [0.25, 0.3) is 0 Å². The van der Waals surface area contributed by atoms with Gasteiger partial charge < -0.3 is 10.6 Å². The topological polar surface area (TPSA) is 58.2 Å². The lowest BCUT2D eigenvalue weighted by Crippen LogP contribution is -2.38. The van der Waals surface area contributed by atoms with E-state index in [0.717, 1.165) is 25.7 Å². The summed E-state index contributed by atoms with van der Waals surface area (Å²) in [5.74, 6) is -0.820.